The maximum atomic E-state index is 10.8. The summed E-state index contributed by atoms with van der Waals surface area (Å²) in [5.74, 6) is -0.755. The number of carboxylic acid groups (broad SMARTS) is 1. The molecule has 0 unspecified atom stereocenters. The van der Waals surface area contributed by atoms with Crippen molar-refractivity contribution in [2.24, 2.45) is 0 Å². The number of carbonyl (C=O) groups is 1. The Balaban J connectivity index is 2.02. The monoisotopic (exact) mass is 268 g/mol. The summed E-state index contributed by atoms with van der Waals surface area (Å²) in [4.78, 5) is 17.5. The second kappa shape index (κ2) is 4.97. The average molecular weight is 268 g/mol. The van der Waals surface area contributed by atoms with Gasteiger partial charge in [0.1, 0.15) is 5.01 Å². The van der Waals surface area contributed by atoms with Crippen LogP contribution in [-0.4, -0.2) is 33.5 Å². The lowest BCUT2D eigenvalue weighted by Gasteiger charge is -2.18. The van der Waals surface area contributed by atoms with Gasteiger partial charge in [-0.3, -0.25) is 9.69 Å². The van der Waals surface area contributed by atoms with E-state index in [0.717, 1.165) is 23.5 Å². The first-order chi connectivity index (χ1) is 8.36. The lowest BCUT2D eigenvalue weighted by Crippen LogP contribution is -2.31. The standard InChI is InChI=1S/C13H20N2O2S/c1-13(2,3)10-8-18-11(14-10)6-15(7-12(16)17)9-4-5-9/h8-9H,4-7H2,1-3H3,(H,16,17). The molecule has 18 heavy (non-hydrogen) atoms. The Kier molecular flexibility index (Phi) is 3.73. The highest BCUT2D eigenvalue weighted by Gasteiger charge is 2.31. The van der Waals surface area contributed by atoms with Crippen molar-refractivity contribution < 1.29 is 9.90 Å². The molecule has 1 aromatic heterocycles. The molecule has 4 nitrogen and oxygen atoms in total. The van der Waals surface area contributed by atoms with Gasteiger partial charge in [0.15, 0.2) is 0 Å². The van der Waals surface area contributed by atoms with Gasteiger partial charge in [0, 0.05) is 16.8 Å². The molecule has 0 spiro atoms. The number of aliphatic carboxylic acids is 1. The van der Waals surface area contributed by atoms with E-state index in [1.165, 1.54) is 0 Å². The van der Waals surface area contributed by atoms with E-state index in [2.05, 4.69) is 31.1 Å². The zero-order valence-electron chi connectivity index (χ0n) is 11.1. The maximum absolute atomic E-state index is 10.8. The van der Waals surface area contributed by atoms with E-state index in [-0.39, 0.29) is 12.0 Å². The molecular weight excluding hydrogens is 248 g/mol. The highest BCUT2D eigenvalue weighted by molar-refractivity contribution is 7.09. The fourth-order valence-corrected chi connectivity index (χ4v) is 2.87. The first kappa shape index (κ1) is 13.5. The van der Waals surface area contributed by atoms with E-state index in [1.54, 1.807) is 11.3 Å². The van der Waals surface area contributed by atoms with E-state index < -0.39 is 5.97 Å². The average Bonchev–Trinajstić information content (AvgIpc) is 2.96. The van der Waals surface area contributed by atoms with Crippen LogP contribution in [0, 0.1) is 0 Å². The molecule has 1 aromatic rings. The van der Waals surface area contributed by atoms with Crippen LogP contribution in [0.2, 0.25) is 0 Å². The Morgan fingerprint density at radius 1 is 1.56 bits per heavy atom. The van der Waals surface area contributed by atoms with Crippen LogP contribution in [0.4, 0.5) is 0 Å². The van der Waals surface area contributed by atoms with E-state index in [0.29, 0.717) is 12.6 Å². The zero-order valence-corrected chi connectivity index (χ0v) is 12.0. The van der Waals surface area contributed by atoms with Crippen molar-refractivity contribution in [3.05, 3.63) is 16.1 Å². The Morgan fingerprint density at radius 3 is 2.67 bits per heavy atom. The molecule has 0 aliphatic heterocycles. The number of thiazole rings is 1. The van der Waals surface area contributed by atoms with Gasteiger partial charge in [-0.2, -0.15) is 0 Å². The zero-order chi connectivity index (χ0) is 13.3. The molecule has 1 heterocycles. The van der Waals surface area contributed by atoms with Gasteiger partial charge >= 0.3 is 5.97 Å². The number of hydrogen-bond donors (Lipinski definition) is 1. The highest BCUT2D eigenvalue weighted by Crippen LogP contribution is 2.30. The van der Waals surface area contributed by atoms with Crippen LogP contribution in [0.1, 0.15) is 44.3 Å². The molecule has 0 bridgehead atoms. The van der Waals surface area contributed by atoms with Crippen LogP contribution in [0.15, 0.2) is 5.38 Å². The summed E-state index contributed by atoms with van der Waals surface area (Å²) in [6.45, 7) is 7.21. The lowest BCUT2D eigenvalue weighted by molar-refractivity contribution is -0.138. The molecule has 1 saturated carbocycles. The van der Waals surface area contributed by atoms with Crippen molar-refractivity contribution in [2.75, 3.05) is 6.54 Å². The summed E-state index contributed by atoms with van der Waals surface area (Å²) in [6, 6.07) is 0.447. The number of carboxylic acids is 1. The van der Waals surface area contributed by atoms with E-state index in [1.807, 2.05) is 4.90 Å². The van der Waals surface area contributed by atoms with Crippen LogP contribution in [0.5, 0.6) is 0 Å². The first-order valence-corrected chi connectivity index (χ1v) is 7.15. The second-order valence-corrected chi connectivity index (χ2v) is 6.85. The van der Waals surface area contributed by atoms with Gasteiger partial charge in [0.05, 0.1) is 18.8 Å². The quantitative estimate of drug-likeness (QED) is 0.891. The molecule has 0 saturated heterocycles. The fourth-order valence-electron chi connectivity index (χ4n) is 1.83. The normalized spacial score (nSPS) is 16.2. The smallest absolute Gasteiger partial charge is 0.317 e. The summed E-state index contributed by atoms with van der Waals surface area (Å²) in [5.41, 5.74) is 1.15. The third-order valence-electron chi connectivity index (χ3n) is 3.06. The lowest BCUT2D eigenvalue weighted by atomic mass is 9.93. The summed E-state index contributed by atoms with van der Waals surface area (Å²) < 4.78 is 0. The van der Waals surface area contributed by atoms with Gasteiger partial charge in [0.2, 0.25) is 0 Å². The topological polar surface area (TPSA) is 53.4 Å². The van der Waals surface area contributed by atoms with Crippen LogP contribution < -0.4 is 0 Å². The van der Waals surface area contributed by atoms with Gasteiger partial charge in [-0.05, 0) is 12.8 Å². The first-order valence-electron chi connectivity index (χ1n) is 6.27. The highest BCUT2D eigenvalue weighted by atomic mass is 32.1. The molecule has 0 amide bonds. The predicted octanol–water partition coefficient (Wildman–Crippen LogP) is 2.49. The SMILES string of the molecule is CC(C)(C)c1csc(CN(CC(=O)O)C2CC2)n1. The van der Waals surface area contributed by atoms with Crippen molar-refractivity contribution in [2.45, 2.75) is 51.6 Å². The van der Waals surface area contributed by atoms with Gasteiger partial charge in [-0.1, -0.05) is 20.8 Å². The van der Waals surface area contributed by atoms with Gasteiger partial charge < -0.3 is 5.11 Å². The van der Waals surface area contributed by atoms with Crippen molar-refractivity contribution in [1.82, 2.24) is 9.88 Å². The minimum absolute atomic E-state index is 0.0615. The van der Waals surface area contributed by atoms with Crippen molar-refractivity contribution in [3.8, 4) is 0 Å². The van der Waals surface area contributed by atoms with Gasteiger partial charge in [-0.25, -0.2) is 4.98 Å². The number of aromatic nitrogens is 1. The van der Waals surface area contributed by atoms with E-state index >= 15 is 0 Å². The largest absolute Gasteiger partial charge is 0.480 e. The van der Waals surface area contributed by atoms with Crippen molar-refractivity contribution in [3.63, 3.8) is 0 Å². The molecule has 1 fully saturated rings. The van der Waals surface area contributed by atoms with Crippen LogP contribution in [-0.2, 0) is 16.8 Å². The van der Waals surface area contributed by atoms with E-state index in [9.17, 15) is 4.79 Å². The van der Waals surface area contributed by atoms with E-state index in [4.69, 9.17) is 5.11 Å². The Labute approximate surface area is 112 Å². The third-order valence-corrected chi connectivity index (χ3v) is 3.89. The molecule has 0 atom stereocenters. The molecule has 2 rings (SSSR count). The minimum atomic E-state index is -0.755. The summed E-state index contributed by atoms with van der Waals surface area (Å²) in [7, 11) is 0. The molecule has 1 aliphatic rings. The number of rotatable bonds is 5. The van der Waals surface area contributed by atoms with Crippen molar-refractivity contribution in [1.29, 1.82) is 0 Å². The van der Waals surface area contributed by atoms with Crippen molar-refractivity contribution >= 4 is 17.3 Å². The second-order valence-electron chi connectivity index (χ2n) is 5.91. The van der Waals surface area contributed by atoms with Crippen LogP contribution in [0.25, 0.3) is 0 Å². The Bertz CT molecular complexity index is 432. The number of hydrogen-bond acceptors (Lipinski definition) is 4. The minimum Gasteiger partial charge on any atom is -0.480 e. The molecule has 0 radical (unpaired) electrons. The molecule has 1 N–H and O–H groups in total. The van der Waals surface area contributed by atoms with Gasteiger partial charge in [0.25, 0.3) is 0 Å². The maximum Gasteiger partial charge on any atom is 0.317 e. The number of nitrogens with zero attached hydrogens (tertiary/aromatic N) is 2. The molecule has 0 aromatic carbocycles. The van der Waals surface area contributed by atoms with Gasteiger partial charge in [-0.15, -0.1) is 11.3 Å². The van der Waals surface area contributed by atoms with Crippen LogP contribution >= 0.6 is 11.3 Å². The summed E-state index contributed by atoms with van der Waals surface area (Å²) in [5, 5.41) is 12.0. The molecule has 5 heteroatoms. The molecule has 1 aliphatic carbocycles. The Morgan fingerprint density at radius 2 is 2.22 bits per heavy atom. The Hall–Kier alpha value is -0.940. The summed E-state index contributed by atoms with van der Waals surface area (Å²) >= 11 is 1.63. The third kappa shape index (κ3) is 3.53. The predicted molar refractivity (Wildman–Crippen MR) is 71.9 cm³/mol. The molecular formula is C13H20N2O2S. The summed E-state index contributed by atoms with van der Waals surface area (Å²) in [6.07, 6.45) is 2.23. The molecule has 100 valence electrons. The van der Waals surface area contributed by atoms with Crippen LogP contribution in [0.3, 0.4) is 0 Å². The fraction of sp³-hybridized carbons (Fsp3) is 0.692.